The van der Waals surface area contributed by atoms with Crippen LogP contribution in [-0.4, -0.2) is 23.2 Å². The summed E-state index contributed by atoms with van der Waals surface area (Å²) < 4.78 is 0. The van der Waals surface area contributed by atoms with E-state index < -0.39 is 0 Å². The third kappa shape index (κ3) is 2.74. The van der Waals surface area contributed by atoms with Gasteiger partial charge in [0.05, 0.1) is 11.6 Å². The summed E-state index contributed by atoms with van der Waals surface area (Å²) >= 11 is 5.61. The Kier molecular flexibility index (Phi) is 3.14. The third-order valence-electron chi connectivity index (χ3n) is 1.15. The Hall–Kier alpha value is -0.800. The molecule has 0 saturated carbocycles. The van der Waals surface area contributed by atoms with Crippen LogP contribution in [-0.2, 0) is 0 Å². The fraction of sp³-hybridized carbons (Fsp3) is 0.286. The number of halogens is 1. The molecule has 3 nitrogen and oxygen atoms in total. The third-order valence-corrected chi connectivity index (χ3v) is 1.37. The zero-order valence-electron chi connectivity index (χ0n) is 5.92. The first-order valence-corrected chi connectivity index (χ1v) is 3.67. The standard InChI is InChI=1S/C7H9ClN2O/c8-6-1-2-7(10-5-6)9-3-4-11/h1-2,5,11H,3-4H2,(H,9,10). The van der Waals surface area contributed by atoms with Crippen molar-refractivity contribution in [3.63, 3.8) is 0 Å². The second kappa shape index (κ2) is 4.16. The van der Waals surface area contributed by atoms with Crippen LogP contribution in [0.5, 0.6) is 0 Å². The summed E-state index contributed by atoms with van der Waals surface area (Å²) in [6.07, 6.45) is 1.56. The molecule has 60 valence electrons. The lowest BCUT2D eigenvalue weighted by Crippen LogP contribution is -2.06. The van der Waals surface area contributed by atoms with E-state index in [0.717, 1.165) is 5.82 Å². The van der Waals surface area contributed by atoms with Crippen LogP contribution >= 0.6 is 11.6 Å². The molecule has 0 aliphatic heterocycles. The van der Waals surface area contributed by atoms with Crippen LogP contribution in [0.3, 0.4) is 0 Å². The second-order valence-electron chi connectivity index (χ2n) is 2.01. The first-order chi connectivity index (χ1) is 5.33. The van der Waals surface area contributed by atoms with Crippen LogP contribution in [0.1, 0.15) is 0 Å². The van der Waals surface area contributed by atoms with Gasteiger partial charge in [-0.25, -0.2) is 4.98 Å². The van der Waals surface area contributed by atoms with Gasteiger partial charge in [-0.05, 0) is 12.1 Å². The number of hydrogen-bond donors (Lipinski definition) is 2. The number of aliphatic hydroxyl groups excluding tert-OH is 1. The van der Waals surface area contributed by atoms with Gasteiger partial charge in [-0.15, -0.1) is 0 Å². The van der Waals surface area contributed by atoms with Gasteiger partial charge in [0, 0.05) is 12.7 Å². The van der Waals surface area contributed by atoms with Crippen LogP contribution in [0.25, 0.3) is 0 Å². The Morgan fingerprint density at radius 3 is 2.91 bits per heavy atom. The van der Waals surface area contributed by atoms with E-state index in [1.54, 1.807) is 18.3 Å². The first kappa shape index (κ1) is 8.30. The number of nitrogens with zero attached hydrogens (tertiary/aromatic N) is 1. The van der Waals surface area contributed by atoms with Crippen molar-refractivity contribution >= 4 is 17.4 Å². The molecule has 0 unspecified atom stereocenters. The number of aliphatic hydroxyl groups is 1. The SMILES string of the molecule is OCCNc1ccc(Cl)cn1. The molecule has 0 bridgehead atoms. The molecule has 0 radical (unpaired) electrons. The highest BCUT2D eigenvalue weighted by atomic mass is 35.5. The van der Waals surface area contributed by atoms with Gasteiger partial charge in [0.1, 0.15) is 5.82 Å². The lowest BCUT2D eigenvalue weighted by atomic mass is 10.4. The fourth-order valence-electron chi connectivity index (χ4n) is 0.664. The summed E-state index contributed by atoms with van der Waals surface area (Å²) in [6, 6.07) is 3.51. The number of aromatic nitrogens is 1. The zero-order valence-corrected chi connectivity index (χ0v) is 6.67. The van der Waals surface area contributed by atoms with Gasteiger partial charge in [-0.3, -0.25) is 0 Å². The predicted molar refractivity (Wildman–Crippen MR) is 44.8 cm³/mol. The first-order valence-electron chi connectivity index (χ1n) is 3.29. The molecule has 1 rings (SSSR count). The summed E-state index contributed by atoms with van der Waals surface area (Å²) in [4.78, 5) is 3.96. The van der Waals surface area contributed by atoms with Gasteiger partial charge in [-0.2, -0.15) is 0 Å². The lowest BCUT2D eigenvalue weighted by Gasteiger charge is -2.01. The Labute approximate surface area is 70.0 Å². The maximum absolute atomic E-state index is 8.47. The highest BCUT2D eigenvalue weighted by molar-refractivity contribution is 6.30. The highest BCUT2D eigenvalue weighted by Gasteiger charge is 1.90. The molecular weight excluding hydrogens is 164 g/mol. The van der Waals surface area contributed by atoms with E-state index in [4.69, 9.17) is 16.7 Å². The average molecular weight is 173 g/mol. The summed E-state index contributed by atoms with van der Waals surface area (Å²) in [5, 5.41) is 12.0. The Morgan fingerprint density at radius 2 is 2.36 bits per heavy atom. The number of hydrogen-bond acceptors (Lipinski definition) is 3. The van der Waals surface area contributed by atoms with E-state index in [9.17, 15) is 0 Å². The summed E-state index contributed by atoms with van der Waals surface area (Å²) in [7, 11) is 0. The monoisotopic (exact) mass is 172 g/mol. The fourth-order valence-corrected chi connectivity index (χ4v) is 0.776. The van der Waals surface area contributed by atoms with Crippen LogP contribution in [0.2, 0.25) is 5.02 Å². The normalized spacial score (nSPS) is 9.64. The molecule has 0 aromatic carbocycles. The molecule has 0 fully saturated rings. The minimum absolute atomic E-state index is 0.101. The Bertz CT molecular complexity index is 212. The number of pyridine rings is 1. The average Bonchev–Trinajstić information content (AvgIpc) is 2.04. The van der Waals surface area contributed by atoms with E-state index >= 15 is 0 Å². The largest absolute Gasteiger partial charge is 0.395 e. The summed E-state index contributed by atoms with van der Waals surface area (Å²) in [5.74, 6) is 0.725. The minimum atomic E-state index is 0.101. The maximum atomic E-state index is 8.47. The van der Waals surface area contributed by atoms with Crippen molar-refractivity contribution in [3.05, 3.63) is 23.4 Å². The number of nitrogens with one attached hydrogen (secondary N) is 1. The van der Waals surface area contributed by atoms with Crippen molar-refractivity contribution in [2.24, 2.45) is 0 Å². The van der Waals surface area contributed by atoms with Crippen LogP contribution in [0, 0.1) is 0 Å². The van der Waals surface area contributed by atoms with E-state index in [1.807, 2.05) is 0 Å². The van der Waals surface area contributed by atoms with Gasteiger partial charge in [0.25, 0.3) is 0 Å². The van der Waals surface area contributed by atoms with Crippen molar-refractivity contribution in [2.45, 2.75) is 0 Å². The van der Waals surface area contributed by atoms with E-state index in [1.165, 1.54) is 0 Å². The van der Waals surface area contributed by atoms with E-state index in [-0.39, 0.29) is 6.61 Å². The van der Waals surface area contributed by atoms with Crippen molar-refractivity contribution in [1.82, 2.24) is 4.98 Å². The second-order valence-corrected chi connectivity index (χ2v) is 2.45. The van der Waals surface area contributed by atoms with Gasteiger partial charge < -0.3 is 10.4 Å². The smallest absolute Gasteiger partial charge is 0.126 e. The van der Waals surface area contributed by atoms with Gasteiger partial charge in [0.15, 0.2) is 0 Å². The zero-order chi connectivity index (χ0) is 8.10. The van der Waals surface area contributed by atoms with Crippen molar-refractivity contribution < 1.29 is 5.11 Å². The molecule has 11 heavy (non-hydrogen) atoms. The lowest BCUT2D eigenvalue weighted by molar-refractivity contribution is 0.311. The van der Waals surface area contributed by atoms with Gasteiger partial charge >= 0.3 is 0 Å². The molecule has 2 N–H and O–H groups in total. The number of rotatable bonds is 3. The van der Waals surface area contributed by atoms with Crippen molar-refractivity contribution in [3.8, 4) is 0 Å². The molecule has 1 aromatic rings. The maximum Gasteiger partial charge on any atom is 0.126 e. The molecule has 0 spiro atoms. The molecule has 1 aromatic heterocycles. The molecule has 0 aliphatic rings. The van der Waals surface area contributed by atoms with E-state index in [2.05, 4.69) is 10.3 Å². The Morgan fingerprint density at radius 1 is 1.55 bits per heavy atom. The van der Waals surface area contributed by atoms with E-state index in [0.29, 0.717) is 11.6 Å². The van der Waals surface area contributed by atoms with Crippen molar-refractivity contribution in [2.75, 3.05) is 18.5 Å². The van der Waals surface area contributed by atoms with Crippen LogP contribution < -0.4 is 5.32 Å². The summed E-state index contributed by atoms with van der Waals surface area (Å²) in [5.41, 5.74) is 0. The summed E-state index contributed by atoms with van der Waals surface area (Å²) in [6.45, 7) is 0.610. The minimum Gasteiger partial charge on any atom is -0.395 e. The molecular formula is C7H9ClN2O. The van der Waals surface area contributed by atoms with Crippen LogP contribution in [0.4, 0.5) is 5.82 Å². The van der Waals surface area contributed by atoms with Gasteiger partial charge in [-0.1, -0.05) is 11.6 Å². The quantitative estimate of drug-likeness (QED) is 0.719. The van der Waals surface area contributed by atoms with Gasteiger partial charge in [0.2, 0.25) is 0 Å². The topological polar surface area (TPSA) is 45.1 Å². The predicted octanol–water partition coefficient (Wildman–Crippen LogP) is 1.14. The molecule has 4 heteroatoms. The van der Waals surface area contributed by atoms with Crippen molar-refractivity contribution in [1.29, 1.82) is 0 Å². The van der Waals surface area contributed by atoms with Crippen LogP contribution in [0.15, 0.2) is 18.3 Å². The molecule has 0 aliphatic carbocycles. The molecule has 0 atom stereocenters. The highest BCUT2D eigenvalue weighted by Crippen LogP contribution is 2.08. The molecule has 0 amide bonds. The molecule has 1 heterocycles. The molecule has 0 saturated heterocycles. The number of anilines is 1. The Balaban J connectivity index is 2.52.